The quantitative estimate of drug-likeness (QED) is 0.591. The number of nitrogens with one attached hydrogen (secondary N) is 2. The Morgan fingerprint density at radius 2 is 2.00 bits per heavy atom. The fourth-order valence-corrected chi connectivity index (χ4v) is 1.96. The van der Waals surface area contributed by atoms with Gasteiger partial charge in [-0.2, -0.15) is 0 Å². The minimum atomic E-state index is -0.407. The van der Waals surface area contributed by atoms with E-state index in [0.29, 0.717) is 12.1 Å². The van der Waals surface area contributed by atoms with Crippen LogP contribution >= 0.6 is 0 Å². The monoisotopic (exact) mass is 279 g/mol. The van der Waals surface area contributed by atoms with Gasteiger partial charge in [0.1, 0.15) is 0 Å². The van der Waals surface area contributed by atoms with Gasteiger partial charge < -0.3 is 5.32 Å². The average molecular weight is 279 g/mol. The van der Waals surface area contributed by atoms with Gasteiger partial charge >= 0.3 is 0 Å². The molecular weight excluding hydrogens is 258 g/mol. The van der Waals surface area contributed by atoms with Gasteiger partial charge in [0.15, 0.2) is 0 Å². The summed E-state index contributed by atoms with van der Waals surface area (Å²) in [5, 5.41) is 16.9. The average Bonchev–Trinajstić information content (AvgIpc) is 2.44. The van der Waals surface area contributed by atoms with E-state index < -0.39 is 11.0 Å². The molecule has 0 spiro atoms. The first kappa shape index (κ1) is 16.1. The molecule has 1 aromatic rings. The number of rotatable bonds is 7. The van der Waals surface area contributed by atoms with Crippen LogP contribution in [0.1, 0.15) is 38.8 Å². The normalized spacial score (nSPS) is 13.6. The molecule has 2 N–H and O–H groups in total. The van der Waals surface area contributed by atoms with Crippen molar-refractivity contribution in [3.63, 3.8) is 0 Å². The molecule has 0 aliphatic heterocycles. The summed E-state index contributed by atoms with van der Waals surface area (Å²) in [6.45, 7) is 6.17. The van der Waals surface area contributed by atoms with Crippen molar-refractivity contribution < 1.29 is 9.72 Å². The Morgan fingerprint density at radius 3 is 2.60 bits per heavy atom. The van der Waals surface area contributed by atoms with Gasteiger partial charge in [0.05, 0.1) is 11.0 Å². The lowest BCUT2D eigenvalue weighted by Gasteiger charge is -2.19. The highest BCUT2D eigenvalue weighted by atomic mass is 16.6. The molecule has 0 radical (unpaired) electrons. The third-order valence-corrected chi connectivity index (χ3v) is 3.04. The predicted octanol–water partition coefficient (Wildman–Crippen LogP) is 2.16. The van der Waals surface area contributed by atoms with Crippen LogP contribution in [0.2, 0.25) is 0 Å². The molecule has 0 bridgehead atoms. The summed E-state index contributed by atoms with van der Waals surface area (Å²) in [7, 11) is 0. The maximum Gasteiger partial charge on any atom is 0.274 e. The fraction of sp³-hybridized carbons (Fsp3) is 0.500. The summed E-state index contributed by atoms with van der Waals surface area (Å²) >= 11 is 0. The zero-order valence-corrected chi connectivity index (χ0v) is 12.1. The minimum absolute atomic E-state index is 0.0636. The number of nitrogens with zero attached hydrogens (tertiary/aromatic N) is 1. The van der Waals surface area contributed by atoms with Crippen LogP contribution in [-0.4, -0.2) is 23.4 Å². The highest BCUT2D eigenvalue weighted by Gasteiger charge is 2.21. The van der Waals surface area contributed by atoms with Gasteiger partial charge in [0, 0.05) is 24.2 Å². The molecule has 1 aromatic carbocycles. The molecule has 0 saturated carbocycles. The Balaban J connectivity index is 2.74. The molecule has 0 fully saturated rings. The summed E-state index contributed by atoms with van der Waals surface area (Å²) in [5.74, 6) is -0.0997. The van der Waals surface area contributed by atoms with Crippen molar-refractivity contribution in [3.8, 4) is 0 Å². The second-order valence-electron chi connectivity index (χ2n) is 4.72. The first-order chi connectivity index (χ1) is 9.47. The van der Waals surface area contributed by atoms with Crippen molar-refractivity contribution in [2.45, 2.75) is 39.3 Å². The van der Waals surface area contributed by atoms with E-state index in [-0.39, 0.29) is 17.6 Å². The second kappa shape index (κ2) is 7.59. The number of nitro benzene ring substituents is 1. The Morgan fingerprint density at radius 1 is 1.35 bits per heavy atom. The summed E-state index contributed by atoms with van der Waals surface area (Å²) < 4.78 is 0. The van der Waals surface area contributed by atoms with E-state index in [4.69, 9.17) is 0 Å². The van der Waals surface area contributed by atoms with Crippen LogP contribution in [0.25, 0.3) is 0 Å². The largest absolute Gasteiger partial charge is 0.355 e. The van der Waals surface area contributed by atoms with Gasteiger partial charge in [0.25, 0.3) is 5.69 Å². The zero-order valence-electron chi connectivity index (χ0n) is 12.1. The highest BCUT2D eigenvalue weighted by molar-refractivity contribution is 5.81. The number of para-hydroxylation sites is 1. The van der Waals surface area contributed by atoms with Crippen LogP contribution in [0.15, 0.2) is 24.3 Å². The summed E-state index contributed by atoms with van der Waals surface area (Å²) in [6, 6.07) is 5.87. The van der Waals surface area contributed by atoms with Crippen molar-refractivity contribution in [2.75, 3.05) is 6.54 Å². The number of hydrogen-bond acceptors (Lipinski definition) is 4. The minimum Gasteiger partial charge on any atom is -0.355 e. The Hall–Kier alpha value is -1.95. The van der Waals surface area contributed by atoms with Crippen LogP contribution in [0.5, 0.6) is 0 Å². The van der Waals surface area contributed by atoms with Crippen LogP contribution < -0.4 is 10.6 Å². The smallest absolute Gasteiger partial charge is 0.274 e. The molecule has 20 heavy (non-hydrogen) atoms. The van der Waals surface area contributed by atoms with Gasteiger partial charge in [0.2, 0.25) is 5.91 Å². The number of carbonyl (C=O) groups excluding carboxylic acids is 1. The molecule has 2 unspecified atom stereocenters. The number of benzene rings is 1. The van der Waals surface area contributed by atoms with E-state index in [2.05, 4.69) is 10.6 Å². The van der Waals surface area contributed by atoms with E-state index in [1.165, 1.54) is 6.07 Å². The Kier molecular flexibility index (Phi) is 6.11. The van der Waals surface area contributed by atoms with E-state index in [9.17, 15) is 14.9 Å². The Bertz CT molecular complexity index is 476. The van der Waals surface area contributed by atoms with E-state index in [0.717, 1.165) is 6.42 Å². The van der Waals surface area contributed by atoms with Crippen molar-refractivity contribution in [1.82, 2.24) is 10.6 Å². The SMILES string of the molecule is CCCNC(=O)C(C)NC(C)c1ccccc1[N+](=O)[O-]. The molecule has 0 aliphatic carbocycles. The molecule has 0 heterocycles. The third kappa shape index (κ3) is 4.31. The van der Waals surface area contributed by atoms with E-state index in [1.54, 1.807) is 25.1 Å². The number of amides is 1. The van der Waals surface area contributed by atoms with Crippen LogP contribution in [0.4, 0.5) is 5.69 Å². The fourth-order valence-electron chi connectivity index (χ4n) is 1.96. The number of carbonyl (C=O) groups is 1. The van der Waals surface area contributed by atoms with Crippen molar-refractivity contribution in [1.29, 1.82) is 0 Å². The van der Waals surface area contributed by atoms with Gasteiger partial charge in [-0.25, -0.2) is 0 Å². The topological polar surface area (TPSA) is 84.3 Å². The lowest BCUT2D eigenvalue weighted by molar-refractivity contribution is -0.385. The van der Waals surface area contributed by atoms with Crippen LogP contribution in [-0.2, 0) is 4.79 Å². The van der Waals surface area contributed by atoms with Gasteiger partial charge in [-0.15, -0.1) is 0 Å². The lowest BCUT2D eigenvalue weighted by atomic mass is 10.1. The first-order valence-electron chi connectivity index (χ1n) is 6.74. The zero-order chi connectivity index (χ0) is 15.1. The maximum atomic E-state index is 11.8. The molecule has 6 heteroatoms. The predicted molar refractivity (Wildman–Crippen MR) is 77.4 cm³/mol. The van der Waals surface area contributed by atoms with Crippen molar-refractivity contribution in [2.24, 2.45) is 0 Å². The molecule has 1 amide bonds. The Labute approximate surface area is 118 Å². The molecule has 0 aliphatic rings. The molecule has 110 valence electrons. The summed E-state index contributed by atoms with van der Waals surface area (Å²) in [6.07, 6.45) is 0.873. The van der Waals surface area contributed by atoms with Crippen molar-refractivity contribution >= 4 is 11.6 Å². The summed E-state index contributed by atoms with van der Waals surface area (Å²) in [5.41, 5.74) is 0.640. The molecule has 2 atom stereocenters. The van der Waals surface area contributed by atoms with Crippen molar-refractivity contribution in [3.05, 3.63) is 39.9 Å². The molecular formula is C14H21N3O3. The number of nitro groups is 1. The third-order valence-electron chi connectivity index (χ3n) is 3.04. The van der Waals surface area contributed by atoms with Gasteiger partial charge in [-0.05, 0) is 20.3 Å². The summed E-state index contributed by atoms with van der Waals surface area (Å²) in [4.78, 5) is 22.4. The standard InChI is InChI=1S/C14H21N3O3/c1-4-9-15-14(18)11(3)16-10(2)12-7-5-6-8-13(12)17(19)20/h5-8,10-11,16H,4,9H2,1-3H3,(H,15,18). The highest BCUT2D eigenvalue weighted by Crippen LogP contribution is 2.24. The second-order valence-corrected chi connectivity index (χ2v) is 4.72. The van der Waals surface area contributed by atoms with Crippen LogP contribution in [0.3, 0.4) is 0 Å². The maximum absolute atomic E-state index is 11.8. The molecule has 0 saturated heterocycles. The first-order valence-corrected chi connectivity index (χ1v) is 6.74. The van der Waals surface area contributed by atoms with E-state index in [1.807, 2.05) is 13.8 Å². The molecule has 0 aromatic heterocycles. The number of hydrogen-bond donors (Lipinski definition) is 2. The molecule has 1 rings (SSSR count). The van der Waals surface area contributed by atoms with Gasteiger partial charge in [-0.1, -0.05) is 25.1 Å². The van der Waals surface area contributed by atoms with Gasteiger partial charge in [-0.3, -0.25) is 20.2 Å². The van der Waals surface area contributed by atoms with Crippen LogP contribution in [0, 0.1) is 10.1 Å². The van der Waals surface area contributed by atoms with E-state index >= 15 is 0 Å². The molecule has 6 nitrogen and oxygen atoms in total. The lowest BCUT2D eigenvalue weighted by Crippen LogP contribution is -2.43.